The Morgan fingerprint density at radius 2 is 1.90 bits per heavy atom. The van der Waals surface area contributed by atoms with E-state index in [0.29, 0.717) is 0 Å². The predicted octanol–water partition coefficient (Wildman–Crippen LogP) is 2.41. The molecule has 1 aromatic heterocycles. The first-order chi connectivity index (χ1) is 9.97. The number of nitrogens with zero attached hydrogens (tertiary/aromatic N) is 1. The second-order valence-electron chi connectivity index (χ2n) is 4.48. The summed E-state index contributed by atoms with van der Waals surface area (Å²) in [6.45, 7) is 1.75. The lowest BCUT2D eigenvalue weighted by atomic mass is 10.1. The van der Waals surface area contributed by atoms with Gasteiger partial charge in [0, 0.05) is 11.8 Å². The topological polar surface area (TPSA) is 79.3 Å². The molecule has 2 rings (SSSR count). The van der Waals surface area contributed by atoms with Gasteiger partial charge in [-0.1, -0.05) is 12.1 Å². The summed E-state index contributed by atoms with van der Waals surface area (Å²) >= 11 is 0. The van der Waals surface area contributed by atoms with E-state index in [1.165, 1.54) is 30.5 Å². The Labute approximate surface area is 120 Å². The van der Waals surface area contributed by atoms with Crippen LogP contribution in [0.1, 0.15) is 39.4 Å². The molecule has 0 saturated carbocycles. The summed E-state index contributed by atoms with van der Waals surface area (Å²) in [7, 11) is 0. The van der Waals surface area contributed by atoms with E-state index < -0.39 is 11.9 Å². The predicted molar refractivity (Wildman–Crippen MR) is 73.5 cm³/mol. The number of amides is 1. The Morgan fingerprint density at radius 3 is 2.52 bits per heavy atom. The first-order valence-electron chi connectivity index (χ1n) is 6.23. The lowest BCUT2D eigenvalue weighted by Crippen LogP contribution is -2.27. The molecule has 1 atom stereocenters. The molecule has 0 aliphatic carbocycles. The van der Waals surface area contributed by atoms with Crippen LogP contribution in [0.2, 0.25) is 0 Å². The molecule has 1 heterocycles. The number of pyridine rings is 1. The minimum atomic E-state index is -1.20. The number of carboxylic acids is 1. The Hall–Kier alpha value is -2.76. The minimum Gasteiger partial charge on any atom is -0.477 e. The molecule has 2 aromatic rings. The van der Waals surface area contributed by atoms with E-state index in [2.05, 4.69) is 10.3 Å². The van der Waals surface area contributed by atoms with Gasteiger partial charge in [0.25, 0.3) is 5.91 Å². The molecule has 0 aliphatic heterocycles. The van der Waals surface area contributed by atoms with Gasteiger partial charge in [-0.05, 0) is 36.8 Å². The molecule has 0 bridgehead atoms. The molecular weight excluding hydrogens is 275 g/mol. The first kappa shape index (κ1) is 14.6. The van der Waals surface area contributed by atoms with Crippen molar-refractivity contribution in [3.63, 3.8) is 0 Å². The molecule has 5 nitrogen and oxygen atoms in total. The van der Waals surface area contributed by atoms with Crippen molar-refractivity contribution < 1.29 is 19.1 Å². The van der Waals surface area contributed by atoms with Crippen LogP contribution < -0.4 is 5.32 Å². The Morgan fingerprint density at radius 1 is 1.24 bits per heavy atom. The van der Waals surface area contributed by atoms with Crippen molar-refractivity contribution in [2.24, 2.45) is 0 Å². The van der Waals surface area contributed by atoms with Gasteiger partial charge >= 0.3 is 5.97 Å². The molecule has 0 aliphatic rings. The average Bonchev–Trinajstić information content (AvgIpc) is 2.48. The highest BCUT2D eigenvalue weighted by Crippen LogP contribution is 2.14. The van der Waals surface area contributed by atoms with Crippen molar-refractivity contribution in [3.8, 4) is 0 Å². The number of halogens is 1. The Kier molecular flexibility index (Phi) is 4.27. The van der Waals surface area contributed by atoms with Crippen molar-refractivity contribution >= 4 is 11.9 Å². The maximum Gasteiger partial charge on any atom is 0.354 e. The highest BCUT2D eigenvalue weighted by Gasteiger charge is 2.14. The number of hydrogen-bond donors (Lipinski definition) is 2. The lowest BCUT2D eigenvalue weighted by molar-refractivity contribution is 0.0690. The van der Waals surface area contributed by atoms with E-state index in [0.717, 1.165) is 5.56 Å². The van der Waals surface area contributed by atoms with Gasteiger partial charge in [0.1, 0.15) is 11.5 Å². The summed E-state index contributed by atoms with van der Waals surface area (Å²) in [5.41, 5.74) is 0.755. The van der Waals surface area contributed by atoms with Crippen molar-refractivity contribution in [3.05, 3.63) is 65.2 Å². The number of carbonyl (C=O) groups is 2. The SMILES string of the molecule is C[C@@H](NC(=O)c1ccnc(C(=O)O)c1)c1ccc(F)cc1. The van der Waals surface area contributed by atoms with Gasteiger partial charge in [0.15, 0.2) is 0 Å². The lowest BCUT2D eigenvalue weighted by Gasteiger charge is -2.14. The van der Waals surface area contributed by atoms with Gasteiger partial charge in [0.05, 0.1) is 6.04 Å². The molecule has 108 valence electrons. The summed E-state index contributed by atoms with van der Waals surface area (Å²) < 4.78 is 12.8. The standard InChI is InChI=1S/C15H13FN2O3/c1-9(10-2-4-12(16)5-3-10)18-14(19)11-6-7-17-13(8-11)15(20)21/h2-9H,1H3,(H,18,19)(H,20,21)/t9-/m1/s1. The van der Waals surface area contributed by atoms with E-state index in [1.807, 2.05) is 0 Å². The van der Waals surface area contributed by atoms with Gasteiger partial charge in [-0.3, -0.25) is 4.79 Å². The third kappa shape index (κ3) is 3.62. The average molecular weight is 288 g/mol. The van der Waals surface area contributed by atoms with Gasteiger partial charge in [0.2, 0.25) is 0 Å². The van der Waals surface area contributed by atoms with E-state index in [-0.39, 0.29) is 23.1 Å². The van der Waals surface area contributed by atoms with Crippen molar-refractivity contribution in [2.45, 2.75) is 13.0 Å². The summed E-state index contributed by atoms with van der Waals surface area (Å²) in [6.07, 6.45) is 1.26. The zero-order valence-electron chi connectivity index (χ0n) is 11.2. The zero-order valence-corrected chi connectivity index (χ0v) is 11.2. The molecule has 21 heavy (non-hydrogen) atoms. The second kappa shape index (κ2) is 6.13. The van der Waals surface area contributed by atoms with E-state index in [9.17, 15) is 14.0 Å². The molecule has 0 saturated heterocycles. The number of aromatic carboxylic acids is 1. The van der Waals surface area contributed by atoms with Crippen LogP contribution in [0.25, 0.3) is 0 Å². The summed E-state index contributed by atoms with van der Waals surface area (Å²) in [5, 5.41) is 11.6. The largest absolute Gasteiger partial charge is 0.477 e. The molecule has 0 unspecified atom stereocenters. The maximum absolute atomic E-state index is 12.8. The number of nitrogens with one attached hydrogen (secondary N) is 1. The first-order valence-corrected chi connectivity index (χ1v) is 6.23. The van der Waals surface area contributed by atoms with Crippen LogP contribution in [0.5, 0.6) is 0 Å². The molecule has 0 fully saturated rings. The van der Waals surface area contributed by atoms with Crippen molar-refractivity contribution in [1.29, 1.82) is 0 Å². The molecule has 1 amide bonds. The minimum absolute atomic E-state index is 0.197. The van der Waals surface area contributed by atoms with Crippen LogP contribution in [0, 0.1) is 5.82 Å². The molecule has 2 N–H and O–H groups in total. The number of benzene rings is 1. The van der Waals surface area contributed by atoms with Crippen LogP contribution in [-0.2, 0) is 0 Å². The van der Waals surface area contributed by atoms with Crippen LogP contribution in [0.4, 0.5) is 4.39 Å². The van der Waals surface area contributed by atoms with Gasteiger partial charge in [-0.25, -0.2) is 14.2 Å². The highest BCUT2D eigenvalue weighted by atomic mass is 19.1. The number of rotatable bonds is 4. The zero-order chi connectivity index (χ0) is 15.4. The normalized spacial score (nSPS) is 11.7. The third-order valence-corrected chi connectivity index (χ3v) is 2.96. The Balaban J connectivity index is 2.12. The highest BCUT2D eigenvalue weighted by molar-refractivity contribution is 5.96. The van der Waals surface area contributed by atoms with Crippen molar-refractivity contribution in [1.82, 2.24) is 10.3 Å². The van der Waals surface area contributed by atoms with Crippen LogP contribution in [0.15, 0.2) is 42.6 Å². The van der Waals surface area contributed by atoms with Crippen LogP contribution >= 0.6 is 0 Å². The van der Waals surface area contributed by atoms with Crippen LogP contribution in [0.3, 0.4) is 0 Å². The molecule has 0 radical (unpaired) electrons. The van der Waals surface area contributed by atoms with E-state index >= 15 is 0 Å². The second-order valence-corrected chi connectivity index (χ2v) is 4.48. The van der Waals surface area contributed by atoms with Gasteiger partial charge in [-0.2, -0.15) is 0 Å². The number of hydrogen-bond acceptors (Lipinski definition) is 3. The van der Waals surface area contributed by atoms with Crippen LogP contribution in [-0.4, -0.2) is 22.0 Å². The number of carboxylic acid groups (broad SMARTS) is 1. The van der Waals surface area contributed by atoms with E-state index in [4.69, 9.17) is 5.11 Å². The summed E-state index contributed by atoms with van der Waals surface area (Å²) in [4.78, 5) is 26.5. The monoisotopic (exact) mass is 288 g/mol. The fourth-order valence-electron chi connectivity index (χ4n) is 1.80. The van der Waals surface area contributed by atoms with Gasteiger partial charge in [-0.15, -0.1) is 0 Å². The summed E-state index contributed by atoms with van der Waals surface area (Å²) in [5.74, 6) is -1.97. The molecule has 0 spiro atoms. The number of carbonyl (C=O) groups excluding carboxylic acids is 1. The van der Waals surface area contributed by atoms with E-state index in [1.54, 1.807) is 19.1 Å². The van der Waals surface area contributed by atoms with Crippen molar-refractivity contribution in [2.75, 3.05) is 0 Å². The molecule has 1 aromatic carbocycles. The maximum atomic E-state index is 12.8. The van der Waals surface area contributed by atoms with Gasteiger partial charge < -0.3 is 10.4 Å². The molecular formula is C15H13FN2O3. The fraction of sp³-hybridized carbons (Fsp3) is 0.133. The number of aromatic nitrogens is 1. The Bertz CT molecular complexity index is 671. The molecule has 6 heteroatoms. The smallest absolute Gasteiger partial charge is 0.354 e. The fourth-order valence-corrected chi connectivity index (χ4v) is 1.80. The quantitative estimate of drug-likeness (QED) is 0.905. The third-order valence-electron chi connectivity index (χ3n) is 2.96. The summed E-state index contributed by atoms with van der Waals surface area (Å²) in [6, 6.07) is 8.08.